The summed E-state index contributed by atoms with van der Waals surface area (Å²) in [7, 11) is 1.80. The zero-order valence-electron chi connectivity index (χ0n) is 8.73. The maximum absolute atomic E-state index is 12.1. The van der Waals surface area contributed by atoms with Crippen molar-refractivity contribution < 1.29 is 4.79 Å². The zero-order valence-corrected chi connectivity index (χ0v) is 10.2. The largest absolute Gasteiger partial charge is 0.336 e. The Labute approximate surface area is 104 Å². The molecule has 1 amide bonds. The maximum Gasteiger partial charge on any atom is 0.254 e. The van der Waals surface area contributed by atoms with E-state index < -0.39 is 0 Å². The van der Waals surface area contributed by atoms with Crippen LogP contribution < -0.4 is 0 Å². The summed E-state index contributed by atoms with van der Waals surface area (Å²) in [5.41, 5.74) is 1.81. The third-order valence-corrected chi connectivity index (χ3v) is 4.86. The number of carbonyl (C=O) groups excluding carboxylic acids is 1. The molecule has 1 heterocycles. The summed E-state index contributed by atoms with van der Waals surface area (Å²) in [4.78, 5) is 13.8. The number of carbonyl (C=O) groups is 1. The molecule has 2 aliphatic rings. The molecule has 0 radical (unpaired) electrons. The van der Waals surface area contributed by atoms with E-state index >= 15 is 0 Å². The van der Waals surface area contributed by atoms with Gasteiger partial charge in [-0.05, 0) is 11.6 Å². The van der Waals surface area contributed by atoms with Gasteiger partial charge in [-0.2, -0.15) is 0 Å². The fourth-order valence-electron chi connectivity index (χ4n) is 2.75. The van der Waals surface area contributed by atoms with E-state index in [2.05, 4.69) is 0 Å². The van der Waals surface area contributed by atoms with Crippen molar-refractivity contribution in [2.75, 3.05) is 7.05 Å². The minimum Gasteiger partial charge on any atom is -0.336 e. The Morgan fingerprint density at radius 1 is 1.19 bits per heavy atom. The molecule has 1 aromatic rings. The highest BCUT2D eigenvalue weighted by Gasteiger charge is 2.55. The summed E-state index contributed by atoms with van der Waals surface area (Å²) in [5.74, 6) is 0.231. The van der Waals surface area contributed by atoms with E-state index in [9.17, 15) is 4.79 Å². The number of hydrogen-bond donors (Lipinski definition) is 0. The maximum atomic E-state index is 12.1. The molecule has 1 aliphatic carbocycles. The fraction of sp³-hybridized carbons (Fsp3) is 0.417. The lowest BCUT2D eigenvalue weighted by Crippen LogP contribution is -2.63. The van der Waals surface area contributed by atoms with Crippen LogP contribution in [0.25, 0.3) is 0 Å². The molecule has 4 atom stereocenters. The Balaban J connectivity index is 2.14. The monoisotopic (exact) mass is 255 g/mol. The van der Waals surface area contributed by atoms with E-state index in [0.717, 1.165) is 11.1 Å². The van der Waals surface area contributed by atoms with Crippen molar-refractivity contribution in [2.24, 2.45) is 0 Å². The summed E-state index contributed by atoms with van der Waals surface area (Å²) in [6, 6.07) is 7.71. The van der Waals surface area contributed by atoms with E-state index in [1.807, 2.05) is 24.3 Å². The van der Waals surface area contributed by atoms with Crippen molar-refractivity contribution in [3.05, 3.63) is 35.4 Å². The molecule has 0 saturated heterocycles. The molecule has 0 unspecified atom stereocenters. The van der Waals surface area contributed by atoms with Crippen LogP contribution >= 0.6 is 23.2 Å². The summed E-state index contributed by atoms with van der Waals surface area (Å²) in [6.07, 6.45) is 0. The normalized spacial score (nSPS) is 36.4. The first-order chi connectivity index (χ1) is 7.63. The van der Waals surface area contributed by atoms with Gasteiger partial charge in [-0.1, -0.05) is 18.2 Å². The summed E-state index contributed by atoms with van der Waals surface area (Å²) < 4.78 is 0. The molecule has 2 nitrogen and oxygen atoms in total. The Bertz CT molecular complexity index is 462. The third-order valence-electron chi connectivity index (χ3n) is 3.66. The quantitative estimate of drug-likeness (QED) is 0.653. The Hall–Kier alpha value is -0.730. The Morgan fingerprint density at radius 3 is 2.62 bits per heavy atom. The van der Waals surface area contributed by atoms with Gasteiger partial charge in [-0.25, -0.2) is 0 Å². The van der Waals surface area contributed by atoms with Gasteiger partial charge in [0.1, 0.15) is 0 Å². The molecule has 0 N–H and O–H groups in total. The highest BCUT2D eigenvalue weighted by atomic mass is 35.5. The predicted molar refractivity (Wildman–Crippen MR) is 64.3 cm³/mol. The first-order valence-electron chi connectivity index (χ1n) is 5.27. The zero-order chi connectivity index (χ0) is 11.4. The van der Waals surface area contributed by atoms with Crippen LogP contribution in [-0.2, 0) is 0 Å². The number of amides is 1. The number of fused-ring (bicyclic) bond motifs is 3. The van der Waals surface area contributed by atoms with Gasteiger partial charge in [0.25, 0.3) is 5.91 Å². The number of hydrogen-bond acceptors (Lipinski definition) is 1. The van der Waals surface area contributed by atoms with E-state index in [-0.39, 0.29) is 28.6 Å². The standard InChI is InChI=1S/C12H11Cl2NO/c1-15-11-8(9(13)10(11)14)6-4-2-3-5-7(6)12(15)16/h2-5,8-11H,1H3/t8-,9-,10-,11-/m1/s1. The summed E-state index contributed by atoms with van der Waals surface area (Å²) >= 11 is 12.4. The minimum atomic E-state index is -0.144. The Kier molecular flexibility index (Phi) is 2.20. The van der Waals surface area contributed by atoms with Crippen LogP contribution in [0.1, 0.15) is 21.8 Å². The molecule has 84 valence electrons. The highest BCUT2D eigenvalue weighted by Crippen LogP contribution is 2.50. The van der Waals surface area contributed by atoms with E-state index in [0.29, 0.717) is 0 Å². The average Bonchev–Trinajstić information content (AvgIpc) is 2.32. The average molecular weight is 256 g/mol. The molecular formula is C12H11Cl2NO. The molecule has 1 fully saturated rings. The molecule has 0 bridgehead atoms. The van der Waals surface area contributed by atoms with Crippen LogP contribution in [0.15, 0.2) is 24.3 Å². The van der Waals surface area contributed by atoms with Crippen molar-refractivity contribution in [2.45, 2.75) is 22.7 Å². The van der Waals surface area contributed by atoms with Gasteiger partial charge < -0.3 is 4.90 Å². The lowest BCUT2D eigenvalue weighted by molar-refractivity contribution is 0.0570. The van der Waals surface area contributed by atoms with E-state index in [1.165, 1.54) is 0 Å². The second-order valence-corrected chi connectivity index (χ2v) is 5.42. The van der Waals surface area contributed by atoms with Crippen molar-refractivity contribution in [3.63, 3.8) is 0 Å². The van der Waals surface area contributed by atoms with Gasteiger partial charge in [0.15, 0.2) is 0 Å². The molecule has 16 heavy (non-hydrogen) atoms. The summed E-state index contributed by atoms with van der Waals surface area (Å²) in [6.45, 7) is 0. The Morgan fingerprint density at radius 2 is 1.88 bits per heavy atom. The number of halogens is 2. The number of nitrogens with zero attached hydrogens (tertiary/aromatic N) is 1. The van der Waals surface area contributed by atoms with Gasteiger partial charge in [-0.15, -0.1) is 23.2 Å². The topological polar surface area (TPSA) is 20.3 Å². The van der Waals surface area contributed by atoms with Gasteiger partial charge in [0.05, 0.1) is 16.8 Å². The SMILES string of the molecule is CN1C(=O)c2ccccc2[C@@H]2[C@@H](Cl)[C@@H](Cl)[C@@H]21. The minimum absolute atomic E-state index is 0.0473. The van der Waals surface area contributed by atoms with Crippen LogP contribution in [0, 0.1) is 0 Å². The van der Waals surface area contributed by atoms with Gasteiger partial charge >= 0.3 is 0 Å². The van der Waals surface area contributed by atoms with Crippen LogP contribution in [0.3, 0.4) is 0 Å². The van der Waals surface area contributed by atoms with Crippen LogP contribution in [0.4, 0.5) is 0 Å². The van der Waals surface area contributed by atoms with Gasteiger partial charge in [0.2, 0.25) is 0 Å². The number of benzene rings is 1. The molecule has 1 saturated carbocycles. The lowest BCUT2D eigenvalue weighted by Gasteiger charge is -2.53. The first-order valence-corrected chi connectivity index (χ1v) is 6.14. The van der Waals surface area contributed by atoms with E-state index in [4.69, 9.17) is 23.2 Å². The van der Waals surface area contributed by atoms with Gasteiger partial charge in [-0.3, -0.25) is 4.79 Å². The van der Waals surface area contributed by atoms with Crippen LogP contribution in [0.5, 0.6) is 0 Å². The molecule has 1 aromatic carbocycles. The lowest BCUT2D eigenvalue weighted by atomic mass is 9.69. The number of alkyl halides is 2. The third kappa shape index (κ3) is 1.12. The second kappa shape index (κ2) is 3.38. The van der Waals surface area contributed by atoms with Crippen LogP contribution in [0.2, 0.25) is 0 Å². The van der Waals surface area contributed by atoms with Crippen molar-refractivity contribution in [1.29, 1.82) is 0 Å². The second-order valence-electron chi connectivity index (χ2n) is 4.41. The molecule has 0 spiro atoms. The first kappa shape index (κ1) is 10.4. The number of likely N-dealkylation sites (N-methyl/N-ethyl adjacent to an activating group) is 1. The fourth-order valence-corrected chi connectivity index (χ4v) is 3.66. The van der Waals surface area contributed by atoms with Gasteiger partial charge in [0, 0.05) is 18.5 Å². The smallest absolute Gasteiger partial charge is 0.254 e. The van der Waals surface area contributed by atoms with Crippen molar-refractivity contribution in [1.82, 2.24) is 4.90 Å². The molecule has 0 aromatic heterocycles. The molecular weight excluding hydrogens is 245 g/mol. The highest BCUT2D eigenvalue weighted by molar-refractivity contribution is 6.33. The van der Waals surface area contributed by atoms with Crippen LogP contribution in [-0.4, -0.2) is 34.7 Å². The van der Waals surface area contributed by atoms with E-state index in [1.54, 1.807) is 11.9 Å². The van der Waals surface area contributed by atoms with Crippen molar-refractivity contribution in [3.8, 4) is 0 Å². The number of rotatable bonds is 0. The predicted octanol–water partition coefficient (Wildman–Crippen LogP) is 2.45. The molecule has 4 heteroatoms. The summed E-state index contributed by atoms with van der Waals surface area (Å²) in [5, 5.41) is -0.225. The van der Waals surface area contributed by atoms with Crippen molar-refractivity contribution >= 4 is 29.1 Å². The molecule has 1 aliphatic heterocycles. The molecule has 3 rings (SSSR count).